The third-order valence-corrected chi connectivity index (χ3v) is 7.99. The van der Waals surface area contributed by atoms with Gasteiger partial charge in [-0.3, -0.25) is 4.90 Å². The van der Waals surface area contributed by atoms with Gasteiger partial charge >= 0.3 is 0 Å². The van der Waals surface area contributed by atoms with Gasteiger partial charge in [0.15, 0.2) is 0 Å². The molecule has 0 saturated carbocycles. The summed E-state index contributed by atoms with van der Waals surface area (Å²) in [4.78, 5) is 2.54. The Morgan fingerprint density at radius 2 is 1.80 bits per heavy atom. The van der Waals surface area contributed by atoms with E-state index in [0.717, 1.165) is 5.08 Å². The molecule has 0 aromatic heterocycles. The van der Waals surface area contributed by atoms with Gasteiger partial charge in [0.1, 0.15) is 0 Å². The van der Waals surface area contributed by atoms with E-state index in [4.69, 9.17) is 0 Å². The van der Waals surface area contributed by atoms with Crippen LogP contribution in [0.3, 0.4) is 0 Å². The number of nitrogens with zero attached hydrogens (tertiary/aromatic N) is 1. The highest BCUT2D eigenvalue weighted by atomic mass is 32.2. The largest absolute Gasteiger partial charge is 0.284 e. The van der Waals surface area contributed by atoms with Crippen LogP contribution in [0.1, 0.15) is 0 Å². The van der Waals surface area contributed by atoms with Crippen molar-refractivity contribution in [1.29, 1.82) is 0 Å². The molecule has 1 fully saturated rings. The normalized spacial score (nSPS) is 18.2. The van der Waals surface area contributed by atoms with Gasteiger partial charge in [0.2, 0.25) is 0 Å². The van der Waals surface area contributed by atoms with E-state index in [1.54, 1.807) is 0 Å². The lowest BCUT2D eigenvalue weighted by molar-refractivity contribution is 0.402. The summed E-state index contributed by atoms with van der Waals surface area (Å²) < 4.78 is 0. The molecule has 15 heavy (non-hydrogen) atoms. The van der Waals surface area contributed by atoms with Gasteiger partial charge in [0.25, 0.3) is 0 Å². The second kappa shape index (κ2) is 11.2. The Bertz CT molecular complexity index is 141. The Labute approximate surface area is 120 Å². The molecular formula is C8H17NS6. The molecule has 7 heteroatoms. The van der Waals surface area contributed by atoms with Gasteiger partial charge in [0, 0.05) is 44.4 Å². The number of thioether (sulfide) groups is 5. The maximum Gasteiger partial charge on any atom is 0.0461 e. The quantitative estimate of drug-likeness (QED) is 0.410. The van der Waals surface area contributed by atoms with Crippen LogP contribution in [0.5, 0.6) is 0 Å². The fourth-order valence-electron chi connectivity index (χ4n) is 1.000. The third kappa shape index (κ3) is 8.74. The van der Waals surface area contributed by atoms with Crippen LogP contribution >= 0.6 is 71.4 Å². The fourth-order valence-corrected chi connectivity index (χ4v) is 6.80. The van der Waals surface area contributed by atoms with Gasteiger partial charge in [-0.15, -0.1) is 58.8 Å². The number of thiol groups is 1. The summed E-state index contributed by atoms with van der Waals surface area (Å²) in [6, 6.07) is 0. The van der Waals surface area contributed by atoms with Gasteiger partial charge in [-0.1, -0.05) is 0 Å². The van der Waals surface area contributed by atoms with Gasteiger partial charge in [-0.05, 0) is 0 Å². The minimum absolute atomic E-state index is 0.944. The molecule has 0 aromatic carbocycles. The zero-order valence-electron chi connectivity index (χ0n) is 8.59. The van der Waals surface area contributed by atoms with Crippen molar-refractivity contribution >= 4 is 71.4 Å². The summed E-state index contributed by atoms with van der Waals surface area (Å²) in [7, 11) is 0. The van der Waals surface area contributed by atoms with E-state index in [0.29, 0.717) is 0 Å². The average molecular weight is 320 g/mol. The van der Waals surface area contributed by atoms with Crippen molar-refractivity contribution in [3.05, 3.63) is 0 Å². The molecule has 1 aliphatic rings. The van der Waals surface area contributed by atoms with Crippen LogP contribution in [-0.2, 0) is 0 Å². The van der Waals surface area contributed by atoms with Crippen LogP contribution in [-0.4, -0.2) is 49.3 Å². The number of rotatable bonds is 8. The Morgan fingerprint density at radius 1 is 1.07 bits per heavy atom. The van der Waals surface area contributed by atoms with Gasteiger partial charge in [-0.2, -0.15) is 12.6 Å². The first-order valence-electron chi connectivity index (χ1n) is 4.65. The van der Waals surface area contributed by atoms with Crippen LogP contribution in [0.4, 0.5) is 0 Å². The molecule has 1 aliphatic heterocycles. The van der Waals surface area contributed by atoms with Crippen LogP contribution in [0.2, 0.25) is 0 Å². The fraction of sp³-hybridized carbons (Fsp3) is 1.00. The van der Waals surface area contributed by atoms with E-state index in [-0.39, 0.29) is 0 Å². The smallest absolute Gasteiger partial charge is 0.0461 e. The molecule has 0 bridgehead atoms. The summed E-state index contributed by atoms with van der Waals surface area (Å²) in [5, 5.41) is 4.64. The molecule has 1 rings (SSSR count). The first-order chi connectivity index (χ1) is 7.43. The summed E-state index contributed by atoms with van der Waals surface area (Å²) in [5.41, 5.74) is 0. The average Bonchev–Trinajstić information content (AvgIpc) is 2.29. The van der Waals surface area contributed by atoms with Crippen molar-refractivity contribution in [1.82, 2.24) is 4.90 Å². The maximum absolute atomic E-state index is 4.16. The van der Waals surface area contributed by atoms with E-state index in [1.165, 1.54) is 39.3 Å². The standard InChI is InChI=1S/C8H17NS6/c10-5-14-8-15-6-11-2-1-9-3-12-7-13-4-9/h10H,1-8H2. The molecule has 0 spiro atoms. The maximum atomic E-state index is 4.16. The Hall–Kier alpha value is 2.06. The summed E-state index contributed by atoms with van der Waals surface area (Å²) in [6.45, 7) is 1.25. The number of hydrogen-bond donors (Lipinski definition) is 1. The molecule has 1 heterocycles. The lowest BCUT2D eigenvalue weighted by Gasteiger charge is -2.25. The first-order valence-corrected chi connectivity index (χ1v) is 11.1. The van der Waals surface area contributed by atoms with Crippen molar-refractivity contribution in [2.45, 2.75) is 0 Å². The predicted octanol–water partition coefficient (Wildman–Crippen LogP) is 3.64. The van der Waals surface area contributed by atoms with Gasteiger partial charge < -0.3 is 0 Å². The topological polar surface area (TPSA) is 3.24 Å². The van der Waals surface area contributed by atoms with Crippen molar-refractivity contribution < 1.29 is 0 Å². The lowest BCUT2D eigenvalue weighted by Crippen LogP contribution is -2.28. The highest BCUT2D eigenvalue weighted by Crippen LogP contribution is 2.22. The monoisotopic (exact) mass is 319 g/mol. The summed E-state index contributed by atoms with van der Waals surface area (Å²) >= 11 is 14.2. The van der Waals surface area contributed by atoms with E-state index in [9.17, 15) is 0 Å². The lowest BCUT2D eigenvalue weighted by atomic mass is 10.7. The molecule has 0 atom stereocenters. The Kier molecular flexibility index (Phi) is 11.3. The van der Waals surface area contributed by atoms with E-state index in [1.807, 2.05) is 47.0 Å². The molecule has 0 unspecified atom stereocenters. The second-order valence-electron chi connectivity index (χ2n) is 2.86. The van der Waals surface area contributed by atoms with Crippen molar-refractivity contribution in [2.24, 2.45) is 0 Å². The van der Waals surface area contributed by atoms with Crippen LogP contribution < -0.4 is 0 Å². The van der Waals surface area contributed by atoms with Gasteiger partial charge in [-0.25, -0.2) is 0 Å². The molecular weight excluding hydrogens is 302 g/mol. The first kappa shape index (κ1) is 15.1. The molecule has 0 N–H and O–H groups in total. The highest BCUT2D eigenvalue weighted by molar-refractivity contribution is 8.24. The molecule has 90 valence electrons. The second-order valence-corrected chi connectivity index (χ2v) is 9.69. The number of hydrogen-bond acceptors (Lipinski definition) is 7. The molecule has 0 radical (unpaired) electrons. The van der Waals surface area contributed by atoms with Crippen molar-refractivity contribution in [2.75, 3.05) is 44.4 Å². The van der Waals surface area contributed by atoms with Crippen LogP contribution in [0.25, 0.3) is 0 Å². The highest BCUT2D eigenvalue weighted by Gasteiger charge is 2.09. The SMILES string of the molecule is SCSCSCSCCN1CSCSC1. The minimum atomic E-state index is 0.944. The zero-order valence-corrected chi connectivity index (χ0v) is 13.6. The summed E-state index contributed by atoms with van der Waals surface area (Å²) in [5.74, 6) is 3.74. The summed E-state index contributed by atoms with van der Waals surface area (Å²) in [6.07, 6.45) is 0. The Morgan fingerprint density at radius 3 is 2.53 bits per heavy atom. The molecule has 0 aliphatic carbocycles. The van der Waals surface area contributed by atoms with Crippen molar-refractivity contribution in [3.8, 4) is 0 Å². The van der Waals surface area contributed by atoms with E-state index < -0.39 is 0 Å². The third-order valence-electron chi connectivity index (χ3n) is 1.69. The molecule has 1 nitrogen and oxygen atoms in total. The molecule has 0 amide bonds. The van der Waals surface area contributed by atoms with Crippen molar-refractivity contribution in [3.63, 3.8) is 0 Å². The van der Waals surface area contributed by atoms with E-state index in [2.05, 4.69) is 29.3 Å². The van der Waals surface area contributed by atoms with Gasteiger partial charge in [0.05, 0.1) is 0 Å². The van der Waals surface area contributed by atoms with E-state index >= 15 is 0 Å². The minimum Gasteiger partial charge on any atom is -0.284 e. The molecule has 1 saturated heterocycles. The molecule has 0 aromatic rings. The Balaban J connectivity index is 1.79. The van der Waals surface area contributed by atoms with Crippen LogP contribution in [0.15, 0.2) is 0 Å². The predicted molar refractivity (Wildman–Crippen MR) is 87.7 cm³/mol. The van der Waals surface area contributed by atoms with Crippen LogP contribution in [0, 0.1) is 0 Å². The zero-order chi connectivity index (χ0) is 10.8.